The Kier molecular flexibility index (Phi) is 24.0. The highest BCUT2D eigenvalue weighted by Crippen LogP contribution is 2.32. The third-order valence-electron chi connectivity index (χ3n) is 19.6. The Morgan fingerprint density at radius 1 is 0.650 bits per heavy atom. The van der Waals surface area contributed by atoms with Gasteiger partial charge in [0.1, 0.15) is 66.0 Å². The smallest absolute Gasteiger partial charge is 0.246 e. The van der Waals surface area contributed by atoms with Gasteiger partial charge in [-0.2, -0.15) is 0 Å². The molecule has 0 aliphatic carbocycles. The number of rotatable bonds is 4. The number of aryl methyl sites for hydroxylation is 1. The molecule has 12 bridgehead atoms. The molecule has 11 amide bonds. The first-order valence-corrected chi connectivity index (χ1v) is 34.6. The summed E-state index contributed by atoms with van der Waals surface area (Å²) >= 11 is 0. The number of carbonyl (C=O) groups excluding carboxylic acids is 11. The molecule has 2 fully saturated rings. The monoisotopic (exact) mass is 1380 g/mol. The average Bonchev–Trinajstić information content (AvgIpc) is 1.61. The van der Waals surface area contributed by atoms with E-state index < -0.39 is 132 Å². The molecule has 0 spiro atoms. The number of nitrogens with zero attached hydrogens (tertiary/aromatic N) is 4. The number of carbonyl (C=O) groups is 11. The van der Waals surface area contributed by atoms with Gasteiger partial charge < -0.3 is 76.4 Å². The third-order valence-corrected chi connectivity index (χ3v) is 19.6. The molecule has 1 aromatic heterocycles. The highest BCUT2D eigenvalue weighted by molar-refractivity contribution is 6.00. The Morgan fingerprint density at radius 2 is 1.36 bits per heavy atom. The van der Waals surface area contributed by atoms with Gasteiger partial charge in [0.2, 0.25) is 65.0 Å². The molecule has 7 heterocycles. The minimum atomic E-state index is -1.82. The Bertz CT molecular complexity index is 3870. The van der Waals surface area contributed by atoms with Crippen molar-refractivity contribution in [2.24, 2.45) is 0 Å². The quantitative estimate of drug-likeness (QED) is 0.125. The maximum absolute atomic E-state index is 16.0. The molecule has 1 unspecified atom stereocenters. The molecule has 0 radical (unpaired) electrons. The van der Waals surface area contributed by atoms with Crippen LogP contribution in [-0.4, -0.2) is 189 Å². The van der Waals surface area contributed by atoms with Gasteiger partial charge in [0.15, 0.2) is 0 Å². The molecule has 2 saturated heterocycles. The zero-order valence-electron chi connectivity index (χ0n) is 57.2. The molecular formula is C73H91FN12O14. The molecule has 100 heavy (non-hydrogen) atoms. The first kappa shape index (κ1) is 73.0. The number of nitrogens with one attached hydrogen (secondary N) is 8. The van der Waals surface area contributed by atoms with Gasteiger partial charge in [-0.05, 0) is 130 Å². The van der Waals surface area contributed by atoms with Gasteiger partial charge in [-0.25, -0.2) is 4.39 Å². The Balaban J connectivity index is 1.07. The lowest BCUT2D eigenvalue weighted by Crippen LogP contribution is -2.64. The van der Waals surface area contributed by atoms with Crippen molar-refractivity contribution in [1.29, 1.82) is 0 Å². The normalized spacial score (nSPS) is 26.4. The number of amides is 11. The first-order chi connectivity index (χ1) is 47.9. The number of hydrogen-bond acceptors (Lipinski definition) is 14. The van der Waals surface area contributed by atoms with Gasteiger partial charge in [0.05, 0.1) is 19.3 Å². The lowest BCUT2D eigenvalue weighted by molar-refractivity contribution is -0.148. The van der Waals surface area contributed by atoms with Crippen LogP contribution < -0.4 is 47.3 Å². The van der Waals surface area contributed by atoms with Crippen molar-refractivity contribution < 1.29 is 71.7 Å². The third kappa shape index (κ3) is 18.0. The summed E-state index contributed by atoms with van der Waals surface area (Å²) in [6.07, 6.45) is 1.40. The van der Waals surface area contributed by atoms with Crippen LogP contribution in [0.2, 0.25) is 0 Å². The summed E-state index contributed by atoms with van der Waals surface area (Å²) < 4.78 is 29.2. The molecule has 0 saturated carbocycles. The van der Waals surface area contributed by atoms with Crippen molar-refractivity contribution in [3.05, 3.63) is 136 Å². The fourth-order valence-electron chi connectivity index (χ4n) is 13.9. The van der Waals surface area contributed by atoms with Gasteiger partial charge in [-0.3, -0.25) is 52.7 Å². The predicted octanol–water partition coefficient (Wildman–Crippen LogP) is 2.20. The van der Waals surface area contributed by atoms with Crippen LogP contribution in [0.4, 0.5) is 4.39 Å². The molecule has 534 valence electrons. The van der Waals surface area contributed by atoms with Crippen LogP contribution in [0.25, 0.3) is 10.9 Å². The summed E-state index contributed by atoms with van der Waals surface area (Å²) in [7, 11) is 1.50. The number of fused-ring (bicyclic) bond motifs is 16. The zero-order chi connectivity index (χ0) is 71.4. The predicted molar refractivity (Wildman–Crippen MR) is 364 cm³/mol. The molecule has 11 rings (SSSR count). The van der Waals surface area contributed by atoms with Crippen molar-refractivity contribution in [3.8, 4) is 5.75 Å². The van der Waals surface area contributed by atoms with Gasteiger partial charge in [-0.15, -0.1) is 0 Å². The molecule has 5 aromatic rings. The largest absolute Gasteiger partial charge is 0.497 e. The number of methoxy groups -OCH3 is 1. The van der Waals surface area contributed by atoms with Crippen molar-refractivity contribution in [2.45, 2.75) is 191 Å². The van der Waals surface area contributed by atoms with Crippen LogP contribution in [0, 0.1) is 5.82 Å². The van der Waals surface area contributed by atoms with Crippen LogP contribution in [0.3, 0.4) is 0 Å². The highest BCUT2D eigenvalue weighted by atomic mass is 19.1. The highest BCUT2D eigenvalue weighted by Gasteiger charge is 2.50. The van der Waals surface area contributed by atoms with E-state index in [4.69, 9.17) is 9.47 Å². The summed E-state index contributed by atoms with van der Waals surface area (Å²) in [6, 6.07) is 14.9. The van der Waals surface area contributed by atoms with E-state index >= 15 is 28.4 Å². The summed E-state index contributed by atoms with van der Waals surface area (Å²) in [5.74, 6) is -8.01. The van der Waals surface area contributed by atoms with E-state index in [0.717, 1.165) is 16.0 Å². The van der Waals surface area contributed by atoms with Gasteiger partial charge >= 0.3 is 0 Å². The van der Waals surface area contributed by atoms with Crippen LogP contribution in [0.15, 0.2) is 97.2 Å². The van der Waals surface area contributed by atoms with Crippen LogP contribution in [-0.2, 0) is 103 Å². The summed E-state index contributed by atoms with van der Waals surface area (Å²) in [6.45, 7) is 6.15. The van der Waals surface area contributed by atoms with E-state index in [-0.39, 0.29) is 83.6 Å². The second kappa shape index (κ2) is 32.9. The second-order valence-corrected chi connectivity index (χ2v) is 27.0. The van der Waals surface area contributed by atoms with Crippen molar-refractivity contribution in [1.82, 2.24) is 61.8 Å². The van der Waals surface area contributed by atoms with E-state index in [1.54, 1.807) is 72.6 Å². The second-order valence-electron chi connectivity index (χ2n) is 27.0. The molecule has 27 heteroatoms. The molecule has 10 atom stereocenters. The molecular weight excluding hydrogens is 1290 g/mol. The molecule has 26 nitrogen and oxygen atoms in total. The fraction of sp³-hybridized carbons (Fsp3) is 0.493. The summed E-state index contributed by atoms with van der Waals surface area (Å²) in [5, 5.41) is 34.1. The maximum atomic E-state index is 16.0. The number of hydrogen-bond donors (Lipinski definition) is 9. The fourth-order valence-corrected chi connectivity index (χ4v) is 13.9. The van der Waals surface area contributed by atoms with Crippen LogP contribution >= 0.6 is 0 Å². The Labute approximate surface area is 579 Å². The van der Waals surface area contributed by atoms with E-state index in [1.165, 1.54) is 44.9 Å². The molecule has 9 N–H and O–H groups in total. The lowest BCUT2D eigenvalue weighted by Gasteiger charge is -2.37. The number of aliphatic hydroxyl groups excluding tert-OH is 1. The summed E-state index contributed by atoms with van der Waals surface area (Å²) in [5.41, 5.74) is 2.98. The minimum Gasteiger partial charge on any atom is -0.497 e. The SMILES string of the molecule is COc1ccc(C[C@@H]2NC(=O)[C@H]([C@@H](C)O)NC(=O)C3[C@@H]4CCN3C(=O)[C@@H]3Cc5cn(c6ccc(F)cc56)CCCCCCN(Cc5ccc(cc5)CCNC(=O)[C@]5(C)CCCN5C2=O)C(=O)CCC(=O)N[C@@H](C)C(=O)N[C@H](C)C(=O)N[C@@H](Cc2cccc(c2)CNC(=O)CO4)C(=O)N3)cc1. The molecule has 6 aliphatic rings. The molecule has 6 aliphatic heterocycles. The number of halogens is 1. The Hall–Kier alpha value is -9.76. The van der Waals surface area contributed by atoms with Crippen LogP contribution in [0.1, 0.15) is 119 Å². The number of ether oxygens (including phenoxy) is 2. The van der Waals surface area contributed by atoms with E-state index in [0.29, 0.717) is 90.5 Å². The molecule has 4 aromatic carbocycles. The number of aromatic nitrogens is 1. The van der Waals surface area contributed by atoms with Gasteiger partial charge in [0.25, 0.3) is 0 Å². The Morgan fingerprint density at radius 3 is 2.11 bits per heavy atom. The standard InChI is InChI=1S/C73H91FN12O14/c1-43-65(91)78-44(2)66(92)79-55-36-49-12-10-13-50(34-49)39-76-61(89)42-100-59-27-33-85-64(59)69(95)82-63(45(3)87)68(94)81-56(35-47-18-21-53(99-5)22-19-47)71(97)86-32-11-28-73(86,4)72(98)75-29-26-46-14-16-48(17-15-46)40-84(62(90)25-24-60(88)77-43)31-9-7-6-8-30-83-41-51(37-57(70(85)96)80-67(55)93)54-38-52(74)20-23-58(54)83/h10,12-23,34,38,41,43-45,55-57,59,63-64,87H,6-9,11,24-33,35-37,39-40,42H2,1-5H3,(H,75,98)(H,76,89)(H,77,88)(H,78,91)(H,79,92)(H,80,93)(H,81,94)(H,82,95)/t43-,44+,45+,55-,56-,57-,59-,63-,64?,73-/m0/s1. The summed E-state index contributed by atoms with van der Waals surface area (Å²) in [4.78, 5) is 165. The lowest BCUT2D eigenvalue weighted by atomic mass is 9.95. The maximum Gasteiger partial charge on any atom is 0.246 e. The van der Waals surface area contributed by atoms with Crippen molar-refractivity contribution >= 4 is 75.9 Å². The zero-order valence-corrected chi connectivity index (χ0v) is 57.2. The first-order valence-electron chi connectivity index (χ1n) is 34.6. The average molecular weight is 1380 g/mol. The van der Waals surface area contributed by atoms with Crippen LogP contribution in [0.5, 0.6) is 5.75 Å². The van der Waals surface area contributed by atoms with Crippen molar-refractivity contribution in [2.75, 3.05) is 39.9 Å². The number of benzene rings is 4. The van der Waals surface area contributed by atoms with Crippen molar-refractivity contribution in [3.63, 3.8) is 0 Å². The minimum absolute atomic E-state index is 0.0343. The van der Waals surface area contributed by atoms with E-state index in [2.05, 4.69) is 42.5 Å². The van der Waals surface area contributed by atoms with E-state index in [1.807, 2.05) is 28.8 Å². The van der Waals surface area contributed by atoms with Gasteiger partial charge in [0, 0.05) is 95.0 Å². The topological polar surface area (TPSA) is 337 Å². The van der Waals surface area contributed by atoms with E-state index in [9.17, 15) is 33.9 Å². The van der Waals surface area contributed by atoms with Gasteiger partial charge in [-0.1, -0.05) is 73.5 Å². The number of aliphatic hydroxyl groups is 1.